The highest BCUT2D eigenvalue weighted by atomic mass is 79.9. The summed E-state index contributed by atoms with van der Waals surface area (Å²) in [5.74, 6) is 0.791. The zero-order valence-corrected chi connectivity index (χ0v) is 13.2. The number of rotatable bonds is 4. The third kappa shape index (κ3) is 3.11. The maximum Gasteiger partial charge on any atom is 0.320 e. The van der Waals surface area contributed by atoms with Crippen LogP contribution in [0.5, 0.6) is 0 Å². The van der Waals surface area contributed by atoms with E-state index in [2.05, 4.69) is 20.9 Å². The highest BCUT2D eigenvalue weighted by Gasteiger charge is 2.17. The van der Waals surface area contributed by atoms with Crippen LogP contribution < -0.4 is 0 Å². The van der Waals surface area contributed by atoms with Crippen LogP contribution in [0.4, 0.5) is 8.78 Å². The summed E-state index contributed by atoms with van der Waals surface area (Å²) in [5.41, 5.74) is 1.07. The number of nitrogens with zero attached hydrogens (tertiary/aromatic N) is 2. The van der Waals surface area contributed by atoms with E-state index >= 15 is 0 Å². The van der Waals surface area contributed by atoms with Gasteiger partial charge in [-0.05, 0) is 36.4 Å². The largest absolute Gasteiger partial charge is 0.320 e. The van der Waals surface area contributed by atoms with Crippen molar-refractivity contribution in [3.05, 3.63) is 58.8 Å². The van der Waals surface area contributed by atoms with Gasteiger partial charge in [-0.3, -0.25) is 4.57 Å². The number of alkyl halides is 2. The van der Waals surface area contributed by atoms with E-state index in [0.717, 1.165) is 13.9 Å². The summed E-state index contributed by atoms with van der Waals surface area (Å²) in [6.07, 6.45) is 0. The minimum Gasteiger partial charge on any atom is -0.269 e. The molecule has 21 heavy (non-hydrogen) atoms. The lowest BCUT2D eigenvalue weighted by molar-refractivity contribution is 0.0722. The predicted octanol–water partition coefficient (Wildman–Crippen LogP) is 5.49. The lowest BCUT2D eigenvalue weighted by Gasteiger charge is -2.07. The minimum atomic E-state index is -2.59. The van der Waals surface area contributed by atoms with E-state index in [1.165, 1.54) is 11.8 Å². The molecule has 1 heterocycles. The van der Waals surface area contributed by atoms with Crippen LogP contribution in [0.3, 0.4) is 0 Å². The number of hydrogen-bond donors (Lipinski definition) is 0. The van der Waals surface area contributed by atoms with Crippen LogP contribution in [0.15, 0.2) is 57.9 Å². The van der Waals surface area contributed by atoms with Gasteiger partial charge in [-0.1, -0.05) is 28.1 Å². The van der Waals surface area contributed by atoms with E-state index in [1.54, 1.807) is 24.3 Å². The molecule has 0 unspecified atom stereocenters. The fraction of sp³-hybridized carbons (Fsp3) is 0.133. The number of para-hydroxylation sites is 2. The van der Waals surface area contributed by atoms with Crippen LogP contribution in [-0.4, -0.2) is 9.55 Å². The summed E-state index contributed by atoms with van der Waals surface area (Å²) in [7, 11) is 0. The minimum absolute atomic E-state index is 0.388. The normalized spacial score (nSPS) is 11.4. The number of hydrogen-bond acceptors (Lipinski definition) is 2. The van der Waals surface area contributed by atoms with Gasteiger partial charge in [0.05, 0.1) is 16.8 Å². The molecule has 0 aliphatic carbocycles. The lowest BCUT2D eigenvalue weighted by Crippen LogP contribution is -2.03. The highest BCUT2D eigenvalue weighted by Crippen LogP contribution is 2.29. The molecule has 0 radical (unpaired) electrons. The average molecular weight is 369 g/mol. The Hall–Kier alpha value is -1.40. The molecule has 0 amide bonds. The van der Waals surface area contributed by atoms with Crippen molar-refractivity contribution in [3.63, 3.8) is 0 Å². The van der Waals surface area contributed by atoms with E-state index in [0.29, 0.717) is 22.6 Å². The third-order valence-corrected chi connectivity index (χ3v) is 4.58. The van der Waals surface area contributed by atoms with Crippen molar-refractivity contribution in [2.75, 3.05) is 0 Å². The molecule has 0 fully saturated rings. The van der Waals surface area contributed by atoms with E-state index in [1.807, 2.05) is 24.3 Å². The number of aromatic nitrogens is 2. The molecule has 0 N–H and O–H groups in total. The molecule has 3 rings (SSSR count). The molecule has 0 aliphatic rings. The second kappa shape index (κ2) is 6.15. The molecular weight excluding hydrogens is 358 g/mol. The maximum atomic E-state index is 13.3. The second-order valence-electron chi connectivity index (χ2n) is 4.41. The Labute approximate surface area is 133 Å². The molecule has 0 spiro atoms. The number of imidazole rings is 1. The smallest absolute Gasteiger partial charge is 0.269 e. The molecule has 0 bridgehead atoms. The van der Waals surface area contributed by atoms with Gasteiger partial charge in [0, 0.05) is 9.37 Å². The van der Waals surface area contributed by atoms with Crippen molar-refractivity contribution in [2.45, 2.75) is 17.2 Å². The number of thioether (sulfide) groups is 1. The van der Waals surface area contributed by atoms with Gasteiger partial charge >= 0.3 is 6.55 Å². The lowest BCUT2D eigenvalue weighted by atomic mass is 10.3. The first kappa shape index (κ1) is 14.5. The molecule has 1 aromatic heterocycles. The van der Waals surface area contributed by atoms with Crippen LogP contribution in [0.2, 0.25) is 0 Å². The SMILES string of the molecule is FC(F)n1c(CSc2ccc(Br)cc2)nc2ccccc21. The van der Waals surface area contributed by atoms with Gasteiger partial charge in [0.15, 0.2) is 0 Å². The van der Waals surface area contributed by atoms with Crippen molar-refractivity contribution in [3.8, 4) is 0 Å². The molecule has 6 heteroatoms. The monoisotopic (exact) mass is 368 g/mol. The van der Waals surface area contributed by atoms with Crippen molar-refractivity contribution in [2.24, 2.45) is 0 Å². The molecule has 0 saturated heterocycles. The van der Waals surface area contributed by atoms with Gasteiger partial charge in [0.2, 0.25) is 0 Å². The zero-order valence-electron chi connectivity index (χ0n) is 10.8. The Morgan fingerprint density at radius 2 is 1.81 bits per heavy atom. The third-order valence-electron chi connectivity index (χ3n) is 3.05. The highest BCUT2D eigenvalue weighted by molar-refractivity contribution is 9.10. The van der Waals surface area contributed by atoms with Gasteiger partial charge < -0.3 is 0 Å². The fourth-order valence-corrected chi connectivity index (χ4v) is 3.18. The molecular formula is C15H11BrF2N2S. The summed E-state index contributed by atoms with van der Waals surface area (Å²) in [6, 6.07) is 14.7. The standard InChI is InChI=1S/C15H11BrF2N2S/c16-10-5-7-11(8-6-10)21-9-14-19-12-3-1-2-4-13(12)20(14)15(17)18/h1-8,15H,9H2. The summed E-state index contributed by atoms with van der Waals surface area (Å²) >= 11 is 4.86. The van der Waals surface area contributed by atoms with E-state index in [-0.39, 0.29) is 0 Å². The molecule has 0 atom stereocenters. The van der Waals surface area contributed by atoms with Crippen LogP contribution in [0.25, 0.3) is 11.0 Å². The van der Waals surface area contributed by atoms with Crippen molar-refractivity contribution in [1.29, 1.82) is 0 Å². The first-order valence-corrected chi connectivity index (χ1v) is 8.05. The zero-order chi connectivity index (χ0) is 14.8. The Balaban J connectivity index is 1.89. The molecule has 2 nitrogen and oxygen atoms in total. The summed E-state index contributed by atoms with van der Waals surface area (Å²) in [6.45, 7) is -2.59. The summed E-state index contributed by atoms with van der Waals surface area (Å²) in [4.78, 5) is 5.34. The maximum absolute atomic E-state index is 13.3. The summed E-state index contributed by atoms with van der Waals surface area (Å²) < 4.78 is 28.5. The number of fused-ring (bicyclic) bond motifs is 1. The first-order valence-electron chi connectivity index (χ1n) is 6.27. The number of benzene rings is 2. The van der Waals surface area contributed by atoms with Gasteiger partial charge in [-0.15, -0.1) is 11.8 Å². The van der Waals surface area contributed by atoms with Crippen LogP contribution in [-0.2, 0) is 5.75 Å². The average Bonchev–Trinajstić information content (AvgIpc) is 2.85. The quantitative estimate of drug-likeness (QED) is 0.567. The van der Waals surface area contributed by atoms with Gasteiger partial charge in [0.1, 0.15) is 5.82 Å². The van der Waals surface area contributed by atoms with Gasteiger partial charge in [-0.2, -0.15) is 8.78 Å². The van der Waals surface area contributed by atoms with Gasteiger partial charge in [0.25, 0.3) is 0 Å². The van der Waals surface area contributed by atoms with E-state index in [9.17, 15) is 8.78 Å². The molecule has 2 aromatic carbocycles. The number of halogens is 3. The first-order chi connectivity index (χ1) is 10.1. The second-order valence-corrected chi connectivity index (χ2v) is 6.37. The molecule has 0 saturated carbocycles. The van der Waals surface area contributed by atoms with Crippen molar-refractivity contribution in [1.82, 2.24) is 9.55 Å². The Morgan fingerprint density at radius 1 is 1.10 bits per heavy atom. The van der Waals surface area contributed by atoms with Crippen LogP contribution in [0, 0.1) is 0 Å². The van der Waals surface area contributed by atoms with Crippen LogP contribution >= 0.6 is 27.7 Å². The van der Waals surface area contributed by atoms with Crippen molar-refractivity contribution < 1.29 is 8.78 Å². The fourth-order valence-electron chi connectivity index (χ4n) is 2.09. The van der Waals surface area contributed by atoms with Crippen LogP contribution in [0.1, 0.15) is 12.4 Å². The molecule has 0 aliphatic heterocycles. The molecule has 108 valence electrons. The van der Waals surface area contributed by atoms with Crippen molar-refractivity contribution >= 4 is 38.7 Å². The Kier molecular flexibility index (Phi) is 4.26. The van der Waals surface area contributed by atoms with E-state index in [4.69, 9.17) is 0 Å². The Bertz CT molecular complexity index is 756. The topological polar surface area (TPSA) is 17.8 Å². The Morgan fingerprint density at radius 3 is 2.52 bits per heavy atom. The predicted molar refractivity (Wildman–Crippen MR) is 84.7 cm³/mol. The summed E-state index contributed by atoms with van der Waals surface area (Å²) in [5, 5.41) is 0. The molecule has 3 aromatic rings. The van der Waals surface area contributed by atoms with E-state index < -0.39 is 6.55 Å². The van der Waals surface area contributed by atoms with Gasteiger partial charge in [-0.25, -0.2) is 4.98 Å².